The van der Waals surface area contributed by atoms with Crippen molar-refractivity contribution in [3.05, 3.63) is 64.7 Å². The van der Waals surface area contributed by atoms with Gasteiger partial charge in [-0.2, -0.15) is 0 Å². The lowest BCUT2D eigenvalue weighted by Crippen LogP contribution is -2.27. The molecular formula is C29H44O. The van der Waals surface area contributed by atoms with Gasteiger partial charge in [-0.3, -0.25) is 0 Å². The zero-order valence-electron chi connectivity index (χ0n) is 21.4. The molecule has 0 amide bonds. The summed E-state index contributed by atoms with van der Waals surface area (Å²) in [6.45, 7) is 25.0. The van der Waals surface area contributed by atoms with Crippen LogP contribution in [0.3, 0.4) is 0 Å². The summed E-state index contributed by atoms with van der Waals surface area (Å²) in [5.41, 5.74) is 5.45. The Morgan fingerprint density at radius 1 is 0.600 bits per heavy atom. The maximum absolute atomic E-state index is 6.63. The Kier molecular flexibility index (Phi) is 6.87. The zero-order valence-corrected chi connectivity index (χ0v) is 21.4. The van der Waals surface area contributed by atoms with Gasteiger partial charge in [-0.1, -0.05) is 97.9 Å². The van der Waals surface area contributed by atoms with Crippen LogP contribution in [-0.2, 0) is 18.3 Å². The topological polar surface area (TPSA) is 9.23 Å². The average Bonchev–Trinajstić information content (AvgIpc) is 2.54. The minimum Gasteiger partial charge on any atom is -0.488 e. The molecule has 0 radical (unpaired) electrons. The summed E-state index contributed by atoms with van der Waals surface area (Å²) in [4.78, 5) is 0. The van der Waals surface area contributed by atoms with Crippen LogP contribution in [0.1, 0.15) is 98.4 Å². The predicted molar refractivity (Wildman–Crippen MR) is 132 cm³/mol. The first-order chi connectivity index (χ1) is 13.5. The van der Waals surface area contributed by atoms with Gasteiger partial charge in [0, 0.05) is 5.41 Å². The molecule has 0 heterocycles. The molecule has 30 heavy (non-hydrogen) atoms. The lowest BCUT2D eigenvalue weighted by Gasteiger charge is -2.33. The fraction of sp³-hybridized carbons (Fsp3) is 0.586. The summed E-state index contributed by atoms with van der Waals surface area (Å²) in [5, 5.41) is 0. The highest BCUT2D eigenvalue weighted by Crippen LogP contribution is 2.41. The van der Waals surface area contributed by atoms with Crippen molar-refractivity contribution in [1.29, 1.82) is 0 Å². The Hall–Kier alpha value is -1.76. The second-order valence-electron chi connectivity index (χ2n) is 12.8. The molecule has 2 aromatic carbocycles. The van der Waals surface area contributed by atoms with E-state index in [1.807, 2.05) is 0 Å². The zero-order chi connectivity index (χ0) is 23.0. The molecule has 0 saturated carbocycles. The molecule has 1 heteroatoms. The first kappa shape index (κ1) is 24.5. The number of benzene rings is 2. The Balaban J connectivity index is 2.75. The minimum absolute atomic E-state index is 0.0687. The van der Waals surface area contributed by atoms with E-state index in [0.717, 1.165) is 18.6 Å². The number of hydrogen-bond donors (Lipinski definition) is 0. The molecule has 0 saturated heterocycles. The van der Waals surface area contributed by atoms with Crippen LogP contribution in [0.25, 0.3) is 0 Å². The van der Waals surface area contributed by atoms with E-state index >= 15 is 0 Å². The van der Waals surface area contributed by atoms with Gasteiger partial charge in [0.25, 0.3) is 0 Å². The molecule has 0 unspecified atom stereocenters. The van der Waals surface area contributed by atoms with E-state index in [2.05, 4.69) is 119 Å². The van der Waals surface area contributed by atoms with Gasteiger partial charge in [0.2, 0.25) is 0 Å². The maximum Gasteiger partial charge on any atom is 0.126 e. The van der Waals surface area contributed by atoms with Gasteiger partial charge in [0.05, 0.1) is 0 Å². The summed E-state index contributed by atoms with van der Waals surface area (Å²) in [7, 11) is 0. The third-order valence-electron chi connectivity index (χ3n) is 5.31. The molecule has 0 aromatic heterocycles. The molecule has 2 aromatic rings. The number of ether oxygens (including phenoxy) is 1. The Labute approximate surface area is 186 Å². The summed E-state index contributed by atoms with van der Waals surface area (Å²) < 4.78 is 6.63. The van der Waals surface area contributed by atoms with Crippen LogP contribution >= 0.6 is 0 Å². The third kappa shape index (κ3) is 6.89. The van der Waals surface area contributed by atoms with Gasteiger partial charge in [-0.25, -0.2) is 0 Å². The Morgan fingerprint density at radius 3 is 1.40 bits per heavy atom. The van der Waals surface area contributed by atoms with Crippen molar-refractivity contribution < 1.29 is 4.74 Å². The molecule has 0 aliphatic heterocycles. The predicted octanol–water partition coefficient (Wildman–Crippen LogP) is 8.37. The number of rotatable bonds is 5. The molecule has 166 valence electrons. The molecular weight excluding hydrogens is 364 g/mol. The first-order valence-corrected chi connectivity index (χ1v) is 11.4. The lowest BCUT2D eigenvalue weighted by atomic mass is 9.74. The average molecular weight is 409 g/mol. The first-order valence-electron chi connectivity index (χ1n) is 11.4. The van der Waals surface area contributed by atoms with Gasteiger partial charge in [0.1, 0.15) is 11.4 Å². The second-order valence-corrected chi connectivity index (χ2v) is 12.8. The van der Waals surface area contributed by atoms with Crippen LogP contribution < -0.4 is 4.74 Å². The summed E-state index contributed by atoms with van der Waals surface area (Å²) in [6.07, 6.45) is 1.99. The van der Waals surface area contributed by atoms with E-state index in [1.165, 1.54) is 22.3 Å². The van der Waals surface area contributed by atoms with Crippen molar-refractivity contribution in [3.63, 3.8) is 0 Å². The highest BCUT2D eigenvalue weighted by molar-refractivity contribution is 5.50. The fourth-order valence-electron chi connectivity index (χ4n) is 3.98. The largest absolute Gasteiger partial charge is 0.488 e. The standard InChI is InChI=1S/C29H44O/c1-26(2,3)19-21-17-24(29(10,11)23-15-13-12-14-16-23)18-22(20-27(4,5)6)25(21)30-28(7,8)9/h12-18H,19-20H2,1-11H3. The molecule has 0 aliphatic carbocycles. The fourth-order valence-corrected chi connectivity index (χ4v) is 3.98. The molecule has 0 aliphatic rings. The maximum atomic E-state index is 6.63. The van der Waals surface area contributed by atoms with Crippen molar-refractivity contribution in [2.45, 2.75) is 100 Å². The van der Waals surface area contributed by atoms with Crippen molar-refractivity contribution in [2.24, 2.45) is 10.8 Å². The minimum atomic E-state index is -0.226. The van der Waals surface area contributed by atoms with Crippen molar-refractivity contribution in [1.82, 2.24) is 0 Å². The Morgan fingerprint density at radius 2 is 1.03 bits per heavy atom. The highest BCUT2D eigenvalue weighted by Gasteiger charge is 2.29. The van der Waals surface area contributed by atoms with E-state index in [-0.39, 0.29) is 21.8 Å². The molecule has 0 bridgehead atoms. The van der Waals surface area contributed by atoms with Gasteiger partial charge in [-0.15, -0.1) is 0 Å². The molecule has 2 rings (SSSR count). The Bertz CT molecular complexity index is 800. The van der Waals surface area contributed by atoms with Gasteiger partial charge < -0.3 is 4.74 Å². The molecule has 1 nitrogen and oxygen atoms in total. The SMILES string of the molecule is CC(C)(C)Cc1cc(C(C)(C)c2ccccc2)cc(CC(C)(C)C)c1OC(C)(C)C. The van der Waals surface area contributed by atoms with Crippen LogP contribution in [-0.4, -0.2) is 5.60 Å². The van der Waals surface area contributed by atoms with Crippen molar-refractivity contribution >= 4 is 0 Å². The summed E-state index contributed by atoms with van der Waals surface area (Å²) in [6, 6.07) is 15.7. The van der Waals surface area contributed by atoms with Crippen LogP contribution in [0.5, 0.6) is 5.75 Å². The molecule has 0 spiro atoms. The van der Waals surface area contributed by atoms with Crippen molar-refractivity contribution in [3.8, 4) is 5.75 Å². The van der Waals surface area contributed by atoms with Crippen LogP contribution in [0.15, 0.2) is 42.5 Å². The monoisotopic (exact) mass is 408 g/mol. The van der Waals surface area contributed by atoms with E-state index < -0.39 is 0 Å². The van der Waals surface area contributed by atoms with E-state index in [1.54, 1.807) is 0 Å². The molecule has 0 fully saturated rings. The van der Waals surface area contributed by atoms with E-state index in [0.29, 0.717) is 0 Å². The lowest BCUT2D eigenvalue weighted by molar-refractivity contribution is 0.126. The van der Waals surface area contributed by atoms with Crippen LogP contribution in [0, 0.1) is 10.8 Å². The smallest absolute Gasteiger partial charge is 0.126 e. The van der Waals surface area contributed by atoms with Gasteiger partial charge in [0.15, 0.2) is 0 Å². The number of hydrogen-bond acceptors (Lipinski definition) is 1. The quantitative estimate of drug-likeness (QED) is 0.483. The van der Waals surface area contributed by atoms with E-state index in [4.69, 9.17) is 4.74 Å². The van der Waals surface area contributed by atoms with Gasteiger partial charge in [-0.05, 0) is 66.7 Å². The third-order valence-corrected chi connectivity index (χ3v) is 5.31. The summed E-state index contributed by atoms with van der Waals surface area (Å²) >= 11 is 0. The highest BCUT2D eigenvalue weighted by atomic mass is 16.5. The van der Waals surface area contributed by atoms with Crippen molar-refractivity contribution in [2.75, 3.05) is 0 Å². The summed E-state index contributed by atoms with van der Waals surface area (Å²) in [5.74, 6) is 1.10. The molecule has 0 atom stereocenters. The normalized spacial score (nSPS) is 13.4. The van der Waals surface area contributed by atoms with Crippen LogP contribution in [0.4, 0.5) is 0 Å². The second kappa shape index (κ2) is 8.40. The molecule has 0 N–H and O–H groups in total. The van der Waals surface area contributed by atoms with E-state index in [9.17, 15) is 0 Å². The van der Waals surface area contributed by atoms with Gasteiger partial charge >= 0.3 is 0 Å². The van der Waals surface area contributed by atoms with Crippen LogP contribution in [0.2, 0.25) is 0 Å².